The van der Waals surface area contributed by atoms with Gasteiger partial charge in [-0.05, 0) is 18.8 Å². The van der Waals surface area contributed by atoms with Crippen LogP contribution < -0.4 is 0 Å². The van der Waals surface area contributed by atoms with Gasteiger partial charge in [0.25, 0.3) is 0 Å². The van der Waals surface area contributed by atoms with E-state index in [-0.39, 0.29) is 6.42 Å². The number of aliphatic carboxylic acids is 1. The van der Waals surface area contributed by atoms with Crippen molar-refractivity contribution in [2.24, 2.45) is 5.92 Å². The Balaban J connectivity index is 1.92. The van der Waals surface area contributed by atoms with E-state index >= 15 is 0 Å². The van der Waals surface area contributed by atoms with Crippen LogP contribution in [-0.4, -0.2) is 39.3 Å². The Hall–Kier alpha value is -1.43. The Morgan fingerprint density at radius 2 is 2.50 bits per heavy atom. The molecular formula is C10H15N3O3. The van der Waals surface area contributed by atoms with Gasteiger partial charge in [0.15, 0.2) is 6.10 Å². The average Bonchev–Trinajstić information content (AvgIpc) is 2.93. The summed E-state index contributed by atoms with van der Waals surface area (Å²) in [7, 11) is 1.38. The van der Waals surface area contributed by atoms with Crippen molar-refractivity contribution in [3.05, 3.63) is 11.9 Å². The molecule has 1 fully saturated rings. The maximum atomic E-state index is 10.7. The first-order valence-electron chi connectivity index (χ1n) is 5.33. The lowest BCUT2D eigenvalue weighted by atomic mass is 10.2. The van der Waals surface area contributed by atoms with Crippen molar-refractivity contribution in [1.29, 1.82) is 0 Å². The molecule has 1 aliphatic carbocycles. The molecule has 0 aromatic carbocycles. The van der Waals surface area contributed by atoms with Crippen molar-refractivity contribution in [3.8, 4) is 0 Å². The normalized spacial score (nSPS) is 17.3. The van der Waals surface area contributed by atoms with E-state index in [0.717, 1.165) is 12.5 Å². The first kappa shape index (κ1) is 11.1. The van der Waals surface area contributed by atoms with Crippen molar-refractivity contribution in [1.82, 2.24) is 15.0 Å². The fraction of sp³-hybridized carbons (Fsp3) is 0.700. The van der Waals surface area contributed by atoms with Gasteiger partial charge >= 0.3 is 5.97 Å². The SMILES string of the molecule is COC(Cc1cn(CC2CC2)nn1)C(=O)O. The monoisotopic (exact) mass is 225 g/mol. The summed E-state index contributed by atoms with van der Waals surface area (Å²) >= 11 is 0. The molecule has 6 nitrogen and oxygen atoms in total. The maximum absolute atomic E-state index is 10.7. The van der Waals surface area contributed by atoms with Crippen molar-refractivity contribution in [2.45, 2.75) is 31.9 Å². The minimum atomic E-state index is -0.973. The van der Waals surface area contributed by atoms with E-state index in [9.17, 15) is 4.79 Å². The van der Waals surface area contributed by atoms with Crippen molar-refractivity contribution in [2.75, 3.05) is 7.11 Å². The third kappa shape index (κ3) is 2.79. The van der Waals surface area contributed by atoms with Gasteiger partial charge in [0.05, 0.1) is 5.69 Å². The van der Waals surface area contributed by atoms with E-state index in [1.165, 1.54) is 20.0 Å². The van der Waals surface area contributed by atoms with Crippen molar-refractivity contribution >= 4 is 5.97 Å². The van der Waals surface area contributed by atoms with Crippen LogP contribution in [0.2, 0.25) is 0 Å². The molecule has 0 spiro atoms. The van der Waals surface area contributed by atoms with Gasteiger partial charge in [0.1, 0.15) is 0 Å². The van der Waals surface area contributed by atoms with E-state index in [2.05, 4.69) is 10.3 Å². The Morgan fingerprint density at radius 3 is 3.06 bits per heavy atom. The predicted molar refractivity (Wildman–Crippen MR) is 54.9 cm³/mol. The number of aromatic nitrogens is 3. The standard InChI is InChI=1S/C10H15N3O3/c1-16-9(10(14)15)4-8-6-13(12-11-8)5-7-2-3-7/h6-7,9H,2-5H2,1H3,(H,14,15). The number of carboxylic acid groups (broad SMARTS) is 1. The van der Waals surface area contributed by atoms with Crippen LogP contribution in [0.3, 0.4) is 0 Å². The van der Waals surface area contributed by atoms with Crippen molar-refractivity contribution < 1.29 is 14.6 Å². The lowest BCUT2D eigenvalue weighted by Crippen LogP contribution is -2.24. The highest BCUT2D eigenvalue weighted by Crippen LogP contribution is 2.30. The highest BCUT2D eigenvalue weighted by Gasteiger charge is 2.23. The lowest BCUT2D eigenvalue weighted by Gasteiger charge is -2.06. The van der Waals surface area contributed by atoms with Crippen molar-refractivity contribution in [3.63, 3.8) is 0 Å². The first-order valence-corrected chi connectivity index (χ1v) is 5.33. The Kier molecular flexibility index (Phi) is 3.19. The third-order valence-electron chi connectivity index (χ3n) is 2.68. The third-order valence-corrected chi connectivity index (χ3v) is 2.68. The van der Waals surface area contributed by atoms with E-state index < -0.39 is 12.1 Å². The number of carbonyl (C=O) groups is 1. The topological polar surface area (TPSA) is 77.2 Å². The smallest absolute Gasteiger partial charge is 0.333 e. The van der Waals surface area contributed by atoms with Gasteiger partial charge in [-0.1, -0.05) is 5.21 Å². The lowest BCUT2D eigenvalue weighted by molar-refractivity contribution is -0.148. The molecule has 1 N–H and O–H groups in total. The summed E-state index contributed by atoms with van der Waals surface area (Å²) in [6.45, 7) is 0.887. The van der Waals surface area contributed by atoms with Gasteiger partial charge in [0.2, 0.25) is 0 Å². The number of hydrogen-bond acceptors (Lipinski definition) is 4. The molecule has 2 rings (SSSR count). The van der Waals surface area contributed by atoms with Gasteiger partial charge in [0, 0.05) is 26.3 Å². The molecule has 1 aliphatic rings. The fourth-order valence-electron chi connectivity index (χ4n) is 1.55. The Labute approximate surface area is 93.2 Å². The maximum Gasteiger partial charge on any atom is 0.333 e. The van der Waals surface area contributed by atoms with Crippen LogP contribution in [0.25, 0.3) is 0 Å². The van der Waals surface area contributed by atoms with Crippen LogP contribution in [0.4, 0.5) is 0 Å². The molecule has 1 aromatic rings. The Bertz CT molecular complexity index is 373. The number of rotatable bonds is 6. The highest BCUT2D eigenvalue weighted by molar-refractivity contribution is 5.72. The van der Waals surface area contributed by atoms with Gasteiger partial charge < -0.3 is 9.84 Å². The summed E-state index contributed by atoms with van der Waals surface area (Å²) in [6.07, 6.45) is 3.73. The number of ether oxygens (including phenoxy) is 1. The largest absolute Gasteiger partial charge is 0.479 e. The molecule has 6 heteroatoms. The molecule has 16 heavy (non-hydrogen) atoms. The second kappa shape index (κ2) is 4.61. The second-order valence-corrected chi connectivity index (χ2v) is 4.14. The molecule has 88 valence electrons. The molecule has 1 aromatic heterocycles. The zero-order valence-electron chi connectivity index (χ0n) is 9.17. The molecule has 0 saturated heterocycles. The highest BCUT2D eigenvalue weighted by atomic mass is 16.5. The van der Waals surface area contributed by atoms with Crippen LogP contribution in [0.5, 0.6) is 0 Å². The van der Waals surface area contributed by atoms with E-state index in [4.69, 9.17) is 9.84 Å². The minimum absolute atomic E-state index is 0.260. The number of carboxylic acids is 1. The average molecular weight is 225 g/mol. The number of methoxy groups -OCH3 is 1. The summed E-state index contributed by atoms with van der Waals surface area (Å²) < 4.78 is 6.62. The predicted octanol–water partition coefficient (Wildman–Crippen LogP) is 0.330. The summed E-state index contributed by atoms with van der Waals surface area (Å²) in [5.41, 5.74) is 0.662. The molecule has 1 saturated carbocycles. The summed E-state index contributed by atoms with van der Waals surface area (Å²) in [5, 5.41) is 16.7. The molecule has 0 bridgehead atoms. The molecule has 0 radical (unpaired) electrons. The molecular weight excluding hydrogens is 210 g/mol. The van der Waals surface area contributed by atoms with Crippen LogP contribution in [0.15, 0.2) is 6.20 Å². The van der Waals surface area contributed by atoms with Gasteiger partial charge in [-0.2, -0.15) is 0 Å². The van der Waals surface area contributed by atoms with Crippen LogP contribution in [-0.2, 0) is 22.5 Å². The van der Waals surface area contributed by atoms with Gasteiger partial charge in [-0.3, -0.25) is 4.68 Å². The first-order chi connectivity index (χ1) is 7.69. The van der Waals surface area contributed by atoms with Crippen LogP contribution in [0, 0.1) is 5.92 Å². The summed E-state index contributed by atoms with van der Waals surface area (Å²) in [4.78, 5) is 10.7. The van der Waals surface area contributed by atoms with Gasteiger partial charge in [-0.15, -0.1) is 5.10 Å². The zero-order valence-corrected chi connectivity index (χ0v) is 9.17. The fourth-order valence-corrected chi connectivity index (χ4v) is 1.55. The summed E-state index contributed by atoms with van der Waals surface area (Å²) in [5.74, 6) is -0.244. The van der Waals surface area contributed by atoms with E-state index in [1.54, 1.807) is 10.9 Å². The molecule has 0 aliphatic heterocycles. The second-order valence-electron chi connectivity index (χ2n) is 4.14. The Morgan fingerprint density at radius 1 is 1.75 bits per heavy atom. The van der Waals surface area contributed by atoms with Crippen LogP contribution in [0.1, 0.15) is 18.5 Å². The minimum Gasteiger partial charge on any atom is -0.479 e. The van der Waals surface area contributed by atoms with E-state index in [0.29, 0.717) is 5.69 Å². The molecule has 0 amide bonds. The summed E-state index contributed by atoms with van der Waals surface area (Å²) in [6, 6.07) is 0. The quantitative estimate of drug-likeness (QED) is 0.755. The number of hydrogen-bond donors (Lipinski definition) is 1. The molecule has 1 unspecified atom stereocenters. The zero-order chi connectivity index (χ0) is 11.5. The number of nitrogens with zero attached hydrogens (tertiary/aromatic N) is 3. The van der Waals surface area contributed by atoms with Crippen LogP contribution >= 0.6 is 0 Å². The van der Waals surface area contributed by atoms with E-state index in [1.807, 2.05) is 0 Å². The molecule has 1 atom stereocenters. The van der Waals surface area contributed by atoms with Gasteiger partial charge in [-0.25, -0.2) is 4.79 Å². The molecule has 1 heterocycles.